The molecular formula is C20H24BrN7O4S. The van der Waals surface area contributed by atoms with E-state index in [0.29, 0.717) is 10.4 Å². The van der Waals surface area contributed by atoms with Gasteiger partial charge in [0.1, 0.15) is 0 Å². The van der Waals surface area contributed by atoms with Crippen LogP contribution in [0.4, 0.5) is 27.9 Å². The smallest absolute Gasteiger partial charge is 0.348 e. The van der Waals surface area contributed by atoms with Gasteiger partial charge in [-0.15, -0.1) is 10.2 Å². The van der Waals surface area contributed by atoms with Crippen LogP contribution in [0.5, 0.6) is 0 Å². The third-order valence-electron chi connectivity index (χ3n) is 4.76. The minimum absolute atomic E-state index is 0. The van der Waals surface area contributed by atoms with Gasteiger partial charge in [-0.2, -0.15) is 0 Å². The molecule has 2 aromatic carbocycles. The maximum Gasteiger partial charge on any atom is 0.348 e. The molecule has 0 aliphatic carbocycles. The number of nitrogens with zero attached hydrogens (tertiary/aromatic N) is 7. The number of halogens is 1. The molecule has 0 spiro atoms. The lowest BCUT2D eigenvalue weighted by Gasteiger charge is -2.29. The van der Waals surface area contributed by atoms with Crippen molar-refractivity contribution in [3.63, 3.8) is 0 Å². The molecule has 176 valence electrons. The minimum atomic E-state index is -0.792. The van der Waals surface area contributed by atoms with E-state index in [4.69, 9.17) is 0 Å². The summed E-state index contributed by atoms with van der Waals surface area (Å²) in [6.45, 7) is 4.96. The second kappa shape index (κ2) is 10.7. The highest BCUT2D eigenvalue weighted by Crippen LogP contribution is 2.37. The van der Waals surface area contributed by atoms with Gasteiger partial charge in [-0.25, -0.2) is 4.98 Å². The van der Waals surface area contributed by atoms with E-state index < -0.39 is 21.2 Å². The number of fused-ring (bicyclic) bond motifs is 1. The summed E-state index contributed by atoms with van der Waals surface area (Å²) in [4.78, 5) is 27.1. The SMILES string of the molecule is CCN(CC[N+](C)(C)C)c1ccc(/N=N/c2nc3cc([N+](=O)[O-])c([N+](=O)[O-])cc3s2)cc1.[Br-]. The van der Waals surface area contributed by atoms with Crippen LogP contribution in [0, 0.1) is 20.2 Å². The molecule has 0 atom stereocenters. The van der Waals surface area contributed by atoms with Gasteiger partial charge in [0.15, 0.2) is 0 Å². The largest absolute Gasteiger partial charge is 1.00 e. The van der Waals surface area contributed by atoms with Crippen LogP contribution in [0.3, 0.4) is 0 Å². The Hall–Kier alpha value is -3.03. The highest BCUT2D eigenvalue weighted by Gasteiger charge is 2.26. The standard InChI is InChI=1S/C20H24N7O4S.BrH/c1-5-24(10-11-27(2,3)4)15-8-6-14(7-9-15)22-23-20-21-16-12-17(25(28)29)18(26(30)31)13-19(16)32-20;/h6-9,12-13H,5,10-11H2,1-4H3;1H/q+1;/p-1/b23-22+;. The highest BCUT2D eigenvalue weighted by molar-refractivity contribution is 7.22. The third-order valence-corrected chi connectivity index (χ3v) is 5.66. The van der Waals surface area contributed by atoms with Crippen molar-refractivity contribution in [2.24, 2.45) is 10.2 Å². The van der Waals surface area contributed by atoms with Gasteiger partial charge in [0, 0.05) is 18.3 Å². The highest BCUT2D eigenvalue weighted by atomic mass is 79.9. The Morgan fingerprint density at radius 1 is 1.03 bits per heavy atom. The summed E-state index contributed by atoms with van der Waals surface area (Å²) in [5, 5.41) is 30.8. The normalized spacial score (nSPS) is 11.5. The van der Waals surface area contributed by atoms with E-state index >= 15 is 0 Å². The fraction of sp³-hybridized carbons (Fsp3) is 0.350. The lowest BCUT2D eigenvalue weighted by atomic mass is 10.2. The fourth-order valence-electron chi connectivity index (χ4n) is 3.00. The first-order valence-electron chi connectivity index (χ1n) is 9.88. The maximum absolute atomic E-state index is 11.1. The van der Waals surface area contributed by atoms with Crippen molar-refractivity contribution in [1.82, 2.24) is 4.98 Å². The van der Waals surface area contributed by atoms with Gasteiger partial charge in [0.25, 0.3) is 0 Å². The molecule has 0 aliphatic rings. The Kier molecular flexibility index (Phi) is 8.52. The summed E-state index contributed by atoms with van der Waals surface area (Å²) in [5.74, 6) is 0. The summed E-state index contributed by atoms with van der Waals surface area (Å²) in [7, 11) is 6.49. The Morgan fingerprint density at radius 2 is 1.64 bits per heavy atom. The van der Waals surface area contributed by atoms with Gasteiger partial charge in [0.05, 0.1) is 66.0 Å². The van der Waals surface area contributed by atoms with Crippen molar-refractivity contribution in [2.45, 2.75) is 6.92 Å². The number of hydrogen-bond donors (Lipinski definition) is 0. The molecule has 0 amide bonds. The monoisotopic (exact) mass is 537 g/mol. The van der Waals surface area contributed by atoms with Gasteiger partial charge in [0.2, 0.25) is 5.13 Å². The average molecular weight is 538 g/mol. The second-order valence-corrected chi connectivity index (χ2v) is 9.14. The van der Waals surface area contributed by atoms with E-state index in [2.05, 4.69) is 48.2 Å². The number of azo groups is 1. The van der Waals surface area contributed by atoms with Crippen LogP contribution in [0.1, 0.15) is 6.92 Å². The van der Waals surface area contributed by atoms with E-state index in [1.165, 1.54) is 0 Å². The lowest BCUT2D eigenvalue weighted by Crippen LogP contribution is -3.00. The molecule has 0 saturated heterocycles. The zero-order chi connectivity index (χ0) is 23.5. The number of likely N-dealkylation sites (N-methyl/N-ethyl adjacent to an activating group) is 2. The number of thiazole rings is 1. The molecule has 0 fully saturated rings. The molecule has 33 heavy (non-hydrogen) atoms. The Bertz CT molecular complexity index is 1120. The van der Waals surface area contributed by atoms with E-state index in [1.807, 2.05) is 24.3 Å². The van der Waals surface area contributed by atoms with Crippen molar-refractivity contribution in [3.8, 4) is 0 Å². The molecule has 0 saturated carbocycles. The third kappa shape index (κ3) is 6.73. The minimum Gasteiger partial charge on any atom is -1.00 e. The van der Waals surface area contributed by atoms with Crippen molar-refractivity contribution in [2.75, 3.05) is 45.7 Å². The number of nitro benzene ring substituents is 2. The number of rotatable bonds is 9. The van der Waals surface area contributed by atoms with Crippen LogP contribution in [0.15, 0.2) is 46.6 Å². The molecule has 0 aliphatic heterocycles. The number of anilines is 1. The Balaban J connectivity index is 0.00000385. The van der Waals surface area contributed by atoms with Crippen molar-refractivity contribution in [1.29, 1.82) is 0 Å². The van der Waals surface area contributed by atoms with E-state index in [-0.39, 0.29) is 27.6 Å². The predicted molar refractivity (Wildman–Crippen MR) is 124 cm³/mol. The van der Waals surface area contributed by atoms with Crippen LogP contribution in [0.2, 0.25) is 0 Å². The molecule has 3 aromatic rings. The van der Waals surface area contributed by atoms with Gasteiger partial charge >= 0.3 is 11.4 Å². The number of nitro groups is 2. The van der Waals surface area contributed by atoms with Crippen LogP contribution in [-0.4, -0.2) is 60.1 Å². The van der Waals surface area contributed by atoms with E-state index in [9.17, 15) is 20.2 Å². The predicted octanol–water partition coefficient (Wildman–Crippen LogP) is 2.06. The summed E-state index contributed by atoms with van der Waals surface area (Å²) in [6.07, 6.45) is 0. The molecule has 1 aromatic heterocycles. The van der Waals surface area contributed by atoms with Crippen LogP contribution >= 0.6 is 11.3 Å². The molecule has 0 bridgehead atoms. The van der Waals surface area contributed by atoms with E-state index in [1.54, 1.807) is 0 Å². The summed E-state index contributed by atoms with van der Waals surface area (Å²) < 4.78 is 1.32. The molecule has 0 N–H and O–H groups in total. The van der Waals surface area contributed by atoms with Crippen molar-refractivity contribution < 1.29 is 31.3 Å². The van der Waals surface area contributed by atoms with Crippen molar-refractivity contribution in [3.05, 3.63) is 56.6 Å². The first-order valence-corrected chi connectivity index (χ1v) is 10.7. The molecule has 13 heteroatoms. The summed E-state index contributed by atoms with van der Waals surface area (Å²) in [6, 6.07) is 9.92. The zero-order valence-corrected chi connectivity index (χ0v) is 21.0. The number of aromatic nitrogens is 1. The molecule has 11 nitrogen and oxygen atoms in total. The second-order valence-electron chi connectivity index (χ2n) is 8.13. The van der Waals surface area contributed by atoms with Crippen LogP contribution < -0.4 is 21.9 Å². The molecule has 0 unspecified atom stereocenters. The van der Waals surface area contributed by atoms with Gasteiger partial charge < -0.3 is 26.4 Å². The maximum atomic E-state index is 11.1. The number of hydrogen-bond acceptors (Lipinski definition) is 9. The van der Waals surface area contributed by atoms with Crippen molar-refractivity contribution >= 4 is 49.4 Å². The summed E-state index contributed by atoms with van der Waals surface area (Å²) >= 11 is 1.08. The topological polar surface area (TPSA) is 127 Å². The molecule has 0 radical (unpaired) electrons. The lowest BCUT2D eigenvalue weighted by molar-refractivity contribution is -0.868. The Labute approximate surface area is 205 Å². The Morgan fingerprint density at radius 3 is 2.18 bits per heavy atom. The van der Waals surface area contributed by atoms with E-state index in [0.717, 1.165) is 53.3 Å². The van der Waals surface area contributed by atoms with Crippen LogP contribution in [0.25, 0.3) is 10.2 Å². The molecule has 3 rings (SSSR count). The van der Waals surface area contributed by atoms with Gasteiger partial charge in [-0.1, -0.05) is 11.3 Å². The average Bonchev–Trinajstić information content (AvgIpc) is 3.13. The summed E-state index contributed by atoms with van der Waals surface area (Å²) in [5.41, 5.74) is 0.827. The zero-order valence-electron chi connectivity index (χ0n) is 18.6. The number of quaternary nitrogens is 1. The van der Waals surface area contributed by atoms with Crippen LogP contribution in [-0.2, 0) is 0 Å². The quantitative estimate of drug-likeness (QED) is 0.178. The first kappa shape index (κ1) is 26.2. The molecule has 1 heterocycles. The molecular weight excluding hydrogens is 514 g/mol. The van der Waals surface area contributed by atoms with Gasteiger partial charge in [-0.05, 0) is 31.2 Å². The fourth-order valence-corrected chi connectivity index (χ4v) is 3.80. The number of benzene rings is 2. The first-order chi connectivity index (χ1) is 15.1. The van der Waals surface area contributed by atoms with Gasteiger partial charge in [-0.3, -0.25) is 20.2 Å².